The van der Waals surface area contributed by atoms with Gasteiger partial charge in [-0.1, -0.05) is 29.8 Å². The zero-order valence-electron chi connectivity index (χ0n) is 10.2. The smallest absolute Gasteiger partial charge is 0.144 e. The molecule has 3 heteroatoms. The standard InChI is InChI=1S/C14H16N2O/c1-11-4-3-5-12(8-11)9-13(17)10-14-15-6-7-16(14)2/h3-8H,9-10H2,1-2H3. The van der Waals surface area contributed by atoms with Gasteiger partial charge < -0.3 is 4.57 Å². The minimum atomic E-state index is 0.199. The average Bonchev–Trinajstić information content (AvgIpc) is 2.64. The monoisotopic (exact) mass is 228 g/mol. The summed E-state index contributed by atoms with van der Waals surface area (Å²) in [5, 5.41) is 0. The topological polar surface area (TPSA) is 34.9 Å². The van der Waals surface area contributed by atoms with Gasteiger partial charge in [0, 0.05) is 25.9 Å². The van der Waals surface area contributed by atoms with Crippen LogP contribution in [0.2, 0.25) is 0 Å². The number of Topliss-reactive ketones (excluding diaryl/α,β-unsaturated/α-hetero) is 1. The molecule has 0 amide bonds. The van der Waals surface area contributed by atoms with Crippen molar-refractivity contribution in [1.29, 1.82) is 0 Å². The zero-order valence-corrected chi connectivity index (χ0v) is 10.2. The van der Waals surface area contributed by atoms with Crippen LogP contribution in [0, 0.1) is 6.92 Å². The van der Waals surface area contributed by atoms with Gasteiger partial charge in [0.1, 0.15) is 11.6 Å². The molecule has 1 aromatic carbocycles. The fourth-order valence-corrected chi connectivity index (χ4v) is 1.86. The molecule has 0 aliphatic carbocycles. The molecule has 0 aliphatic heterocycles. The van der Waals surface area contributed by atoms with Crippen molar-refractivity contribution in [2.45, 2.75) is 19.8 Å². The lowest BCUT2D eigenvalue weighted by atomic mass is 10.0. The molecule has 0 fully saturated rings. The molecule has 0 aliphatic rings. The summed E-state index contributed by atoms with van der Waals surface area (Å²) in [6, 6.07) is 8.06. The fraction of sp³-hybridized carbons (Fsp3) is 0.286. The maximum atomic E-state index is 11.9. The number of ketones is 1. The number of aryl methyl sites for hydroxylation is 2. The summed E-state index contributed by atoms with van der Waals surface area (Å²) in [7, 11) is 1.91. The van der Waals surface area contributed by atoms with E-state index in [1.54, 1.807) is 6.20 Å². The number of aromatic nitrogens is 2. The number of imidazole rings is 1. The van der Waals surface area contributed by atoms with Gasteiger partial charge in [-0.15, -0.1) is 0 Å². The van der Waals surface area contributed by atoms with Crippen molar-refractivity contribution < 1.29 is 4.79 Å². The van der Waals surface area contributed by atoms with Crippen LogP contribution < -0.4 is 0 Å². The van der Waals surface area contributed by atoms with Gasteiger partial charge in [-0.05, 0) is 12.5 Å². The number of rotatable bonds is 4. The molecule has 0 unspecified atom stereocenters. The number of carbonyl (C=O) groups excluding carboxylic acids is 1. The first-order chi connectivity index (χ1) is 8.15. The molecule has 2 aromatic rings. The molecule has 1 heterocycles. The molecule has 0 atom stereocenters. The van der Waals surface area contributed by atoms with Gasteiger partial charge in [0.2, 0.25) is 0 Å². The number of hydrogen-bond donors (Lipinski definition) is 0. The van der Waals surface area contributed by atoms with Crippen molar-refractivity contribution in [3.63, 3.8) is 0 Å². The number of nitrogens with zero attached hydrogens (tertiary/aromatic N) is 2. The van der Waals surface area contributed by atoms with Crippen molar-refractivity contribution in [3.8, 4) is 0 Å². The Morgan fingerprint density at radius 3 is 2.82 bits per heavy atom. The average molecular weight is 228 g/mol. The third-order valence-electron chi connectivity index (χ3n) is 2.76. The van der Waals surface area contributed by atoms with E-state index in [1.807, 2.05) is 42.9 Å². The molecule has 0 spiro atoms. The summed E-state index contributed by atoms with van der Waals surface area (Å²) in [5.41, 5.74) is 2.26. The van der Waals surface area contributed by atoms with Gasteiger partial charge in [0.15, 0.2) is 0 Å². The predicted octanol–water partition coefficient (Wildman–Crippen LogP) is 2.08. The second-order valence-corrected chi connectivity index (χ2v) is 4.34. The number of benzene rings is 1. The van der Waals surface area contributed by atoms with Crippen molar-refractivity contribution >= 4 is 5.78 Å². The van der Waals surface area contributed by atoms with Gasteiger partial charge in [-0.25, -0.2) is 4.98 Å². The SMILES string of the molecule is Cc1cccc(CC(=O)Cc2nccn2C)c1. The highest BCUT2D eigenvalue weighted by Crippen LogP contribution is 2.07. The first-order valence-corrected chi connectivity index (χ1v) is 5.68. The van der Waals surface area contributed by atoms with Gasteiger partial charge in [-0.2, -0.15) is 0 Å². The van der Waals surface area contributed by atoms with E-state index in [2.05, 4.69) is 11.1 Å². The Morgan fingerprint density at radius 2 is 2.18 bits per heavy atom. The number of carbonyl (C=O) groups is 1. The lowest BCUT2D eigenvalue weighted by Gasteiger charge is -2.03. The van der Waals surface area contributed by atoms with Crippen LogP contribution in [0.25, 0.3) is 0 Å². The Balaban J connectivity index is 2.01. The highest BCUT2D eigenvalue weighted by molar-refractivity contribution is 5.82. The van der Waals surface area contributed by atoms with E-state index in [1.165, 1.54) is 5.56 Å². The maximum Gasteiger partial charge on any atom is 0.144 e. The van der Waals surface area contributed by atoms with E-state index in [0.29, 0.717) is 12.8 Å². The van der Waals surface area contributed by atoms with Crippen molar-refractivity contribution in [3.05, 3.63) is 53.6 Å². The highest BCUT2D eigenvalue weighted by Gasteiger charge is 2.08. The van der Waals surface area contributed by atoms with E-state index in [9.17, 15) is 4.79 Å². The Morgan fingerprint density at radius 1 is 1.35 bits per heavy atom. The number of hydrogen-bond acceptors (Lipinski definition) is 2. The van der Waals surface area contributed by atoms with Crippen molar-refractivity contribution in [1.82, 2.24) is 9.55 Å². The lowest BCUT2D eigenvalue weighted by molar-refractivity contribution is -0.117. The van der Waals surface area contributed by atoms with Crippen LogP contribution in [0.5, 0.6) is 0 Å². The van der Waals surface area contributed by atoms with Crippen LogP contribution in [0.4, 0.5) is 0 Å². The first-order valence-electron chi connectivity index (χ1n) is 5.68. The molecule has 0 saturated carbocycles. The molecular formula is C14H16N2O. The van der Waals surface area contributed by atoms with Crippen LogP contribution in [-0.2, 0) is 24.7 Å². The molecule has 0 bridgehead atoms. The Labute approximate surface area is 101 Å². The molecule has 17 heavy (non-hydrogen) atoms. The fourth-order valence-electron chi connectivity index (χ4n) is 1.86. The van der Waals surface area contributed by atoms with E-state index < -0.39 is 0 Å². The molecule has 3 nitrogen and oxygen atoms in total. The molecule has 0 radical (unpaired) electrons. The van der Waals surface area contributed by atoms with Crippen LogP contribution in [-0.4, -0.2) is 15.3 Å². The van der Waals surface area contributed by atoms with Gasteiger partial charge in [0.05, 0.1) is 6.42 Å². The lowest BCUT2D eigenvalue weighted by Crippen LogP contribution is -2.10. The quantitative estimate of drug-likeness (QED) is 0.803. The molecule has 88 valence electrons. The third-order valence-corrected chi connectivity index (χ3v) is 2.76. The normalized spacial score (nSPS) is 10.5. The minimum absolute atomic E-state index is 0.199. The van der Waals surface area contributed by atoms with Crippen molar-refractivity contribution in [2.24, 2.45) is 7.05 Å². The summed E-state index contributed by atoms with van der Waals surface area (Å²) in [6.45, 7) is 2.03. The maximum absolute atomic E-state index is 11.9. The van der Waals surface area contributed by atoms with Crippen LogP contribution >= 0.6 is 0 Å². The van der Waals surface area contributed by atoms with E-state index in [0.717, 1.165) is 11.4 Å². The van der Waals surface area contributed by atoms with Gasteiger partial charge in [-0.3, -0.25) is 4.79 Å². The summed E-state index contributed by atoms with van der Waals surface area (Å²) < 4.78 is 1.88. The molecule has 2 rings (SSSR count). The second kappa shape index (κ2) is 4.95. The van der Waals surface area contributed by atoms with Gasteiger partial charge in [0.25, 0.3) is 0 Å². The summed E-state index contributed by atoms with van der Waals surface area (Å²) in [6.07, 6.45) is 4.45. The Kier molecular flexibility index (Phi) is 3.38. The Hall–Kier alpha value is -1.90. The highest BCUT2D eigenvalue weighted by atomic mass is 16.1. The summed E-state index contributed by atoms with van der Waals surface area (Å²) in [5.74, 6) is 1.02. The van der Waals surface area contributed by atoms with Crippen LogP contribution in [0.1, 0.15) is 17.0 Å². The zero-order chi connectivity index (χ0) is 12.3. The van der Waals surface area contributed by atoms with Crippen LogP contribution in [0.3, 0.4) is 0 Å². The molecule has 0 saturated heterocycles. The second-order valence-electron chi connectivity index (χ2n) is 4.34. The predicted molar refractivity (Wildman–Crippen MR) is 66.8 cm³/mol. The van der Waals surface area contributed by atoms with E-state index in [4.69, 9.17) is 0 Å². The van der Waals surface area contributed by atoms with E-state index in [-0.39, 0.29) is 5.78 Å². The van der Waals surface area contributed by atoms with Crippen LogP contribution in [0.15, 0.2) is 36.7 Å². The third kappa shape index (κ3) is 3.03. The summed E-state index contributed by atoms with van der Waals surface area (Å²) in [4.78, 5) is 16.0. The van der Waals surface area contributed by atoms with E-state index >= 15 is 0 Å². The Bertz CT molecular complexity index is 529. The van der Waals surface area contributed by atoms with Gasteiger partial charge >= 0.3 is 0 Å². The minimum Gasteiger partial charge on any atom is -0.338 e. The molecular weight excluding hydrogens is 212 g/mol. The molecule has 1 aromatic heterocycles. The molecule has 0 N–H and O–H groups in total. The largest absolute Gasteiger partial charge is 0.338 e. The summed E-state index contributed by atoms with van der Waals surface area (Å²) >= 11 is 0. The first kappa shape index (κ1) is 11.6. The van der Waals surface area contributed by atoms with Crippen molar-refractivity contribution in [2.75, 3.05) is 0 Å².